The lowest BCUT2D eigenvalue weighted by Gasteiger charge is -2.11. The van der Waals surface area contributed by atoms with Gasteiger partial charge >= 0.3 is 0 Å². The van der Waals surface area contributed by atoms with Crippen molar-refractivity contribution < 1.29 is 17.6 Å². The Hall–Kier alpha value is -2.61. The molecule has 0 unspecified atom stereocenters. The number of sulfonamides is 1. The highest BCUT2D eigenvalue weighted by atomic mass is 32.2. The summed E-state index contributed by atoms with van der Waals surface area (Å²) >= 11 is 0. The summed E-state index contributed by atoms with van der Waals surface area (Å²) in [5.41, 5.74) is 10.6. The average Bonchev–Trinajstić information content (AvgIpc) is 2.37. The fourth-order valence-electron chi connectivity index (χ4n) is 1.73. The molecule has 0 spiro atoms. The maximum atomic E-state index is 13.3. The lowest BCUT2D eigenvalue weighted by molar-refractivity contribution is 0.100. The fourth-order valence-corrected chi connectivity index (χ4v) is 2.87. The van der Waals surface area contributed by atoms with Crippen LogP contribution < -0.4 is 16.2 Å². The zero-order chi connectivity index (χ0) is 15.6. The summed E-state index contributed by atoms with van der Waals surface area (Å²) in [6, 6.07) is 8.75. The molecule has 2 rings (SSSR count). The molecule has 0 atom stereocenters. The first-order chi connectivity index (χ1) is 9.79. The molecule has 110 valence electrons. The molecule has 8 heteroatoms. The lowest BCUT2D eigenvalue weighted by Crippen LogP contribution is -2.18. The number of hydrogen-bond acceptors (Lipinski definition) is 4. The van der Waals surface area contributed by atoms with Gasteiger partial charge < -0.3 is 11.5 Å². The van der Waals surface area contributed by atoms with Crippen LogP contribution in [0.15, 0.2) is 47.4 Å². The summed E-state index contributed by atoms with van der Waals surface area (Å²) in [7, 11) is -4.09. The zero-order valence-corrected chi connectivity index (χ0v) is 11.5. The number of rotatable bonds is 4. The number of carbonyl (C=O) groups is 1. The summed E-state index contributed by atoms with van der Waals surface area (Å²) in [6.45, 7) is 0. The highest BCUT2D eigenvalue weighted by Gasteiger charge is 2.18. The standard InChI is InChI=1S/C13H12FN3O3S/c14-8-5-9(15)7-10(6-8)21(19,20)17-12-4-2-1-3-11(12)13(16)18/h1-7,17H,15H2,(H2,16,18). The van der Waals surface area contributed by atoms with Gasteiger partial charge in [-0.1, -0.05) is 12.1 Å². The van der Waals surface area contributed by atoms with Gasteiger partial charge in [0.25, 0.3) is 15.9 Å². The van der Waals surface area contributed by atoms with E-state index in [1.54, 1.807) is 0 Å². The summed E-state index contributed by atoms with van der Waals surface area (Å²) < 4.78 is 39.8. The Morgan fingerprint density at radius 3 is 2.43 bits per heavy atom. The van der Waals surface area contributed by atoms with Crippen LogP contribution in [0, 0.1) is 5.82 Å². The monoisotopic (exact) mass is 309 g/mol. The lowest BCUT2D eigenvalue weighted by atomic mass is 10.2. The van der Waals surface area contributed by atoms with E-state index in [1.807, 2.05) is 0 Å². The van der Waals surface area contributed by atoms with Gasteiger partial charge in [-0.05, 0) is 30.3 Å². The van der Waals surface area contributed by atoms with Crippen LogP contribution in [-0.4, -0.2) is 14.3 Å². The Morgan fingerprint density at radius 1 is 1.14 bits per heavy atom. The molecule has 0 aromatic heterocycles. The van der Waals surface area contributed by atoms with Gasteiger partial charge in [-0.3, -0.25) is 9.52 Å². The molecule has 0 saturated carbocycles. The smallest absolute Gasteiger partial charge is 0.262 e. The number of nitrogen functional groups attached to an aromatic ring is 1. The number of amides is 1. The molecule has 0 aliphatic heterocycles. The Bertz CT molecular complexity index is 786. The molecule has 0 aliphatic carbocycles. The molecule has 5 N–H and O–H groups in total. The Kier molecular flexibility index (Phi) is 3.81. The first kappa shape index (κ1) is 14.8. The first-order valence-corrected chi connectivity index (χ1v) is 7.25. The van der Waals surface area contributed by atoms with Crippen LogP contribution in [0.1, 0.15) is 10.4 Å². The summed E-state index contributed by atoms with van der Waals surface area (Å²) in [5, 5.41) is 0. The molecule has 2 aromatic rings. The third kappa shape index (κ3) is 3.29. The second kappa shape index (κ2) is 5.41. The number of benzene rings is 2. The van der Waals surface area contributed by atoms with E-state index >= 15 is 0 Å². The quantitative estimate of drug-likeness (QED) is 0.738. The minimum Gasteiger partial charge on any atom is -0.399 e. The fraction of sp³-hybridized carbons (Fsp3) is 0. The number of nitrogens with two attached hydrogens (primary N) is 2. The van der Waals surface area contributed by atoms with Crippen molar-refractivity contribution in [1.29, 1.82) is 0 Å². The third-order valence-electron chi connectivity index (χ3n) is 2.64. The van der Waals surface area contributed by atoms with Crippen molar-refractivity contribution in [2.24, 2.45) is 5.73 Å². The van der Waals surface area contributed by atoms with Gasteiger partial charge in [-0.15, -0.1) is 0 Å². The van der Waals surface area contributed by atoms with E-state index in [4.69, 9.17) is 11.5 Å². The number of halogens is 1. The van der Waals surface area contributed by atoms with E-state index in [0.717, 1.165) is 18.2 Å². The van der Waals surface area contributed by atoms with Crippen LogP contribution in [-0.2, 0) is 10.0 Å². The maximum Gasteiger partial charge on any atom is 0.262 e. The van der Waals surface area contributed by atoms with Gasteiger partial charge in [-0.25, -0.2) is 12.8 Å². The number of anilines is 2. The topological polar surface area (TPSA) is 115 Å². The minimum absolute atomic E-state index is 0.00505. The summed E-state index contributed by atoms with van der Waals surface area (Å²) in [6.07, 6.45) is 0. The Labute approximate surface area is 120 Å². The molecule has 0 saturated heterocycles. The molecule has 0 bridgehead atoms. The van der Waals surface area contributed by atoms with Crippen molar-refractivity contribution in [2.45, 2.75) is 4.90 Å². The second-order valence-electron chi connectivity index (χ2n) is 4.24. The molecule has 0 fully saturated rings. The van der Waals surface area contributed by atoms with Crippen LogP contribution in [0.2, 0.25) is 0 Å². The van der Waals surface area contributed by atoms with Crippen LogP contribution >= 0.6 is 0 Å². The largest absolute Gasteiger partial charge is 0.399 e. The minimum atomic E-state index is -4.09. The normalized spacial score (nSPS) is 11.1. The zero-order valence-electron chi connectivity index (χ0n) is 10.7. The molecule has 0 aliphatic rings. The maximum absolute atomic E-state index is 13.3. The third-order valence-corrected chi connectivity index (χ3v) is 3.99. The Morgan fingerprint density at radius 2 is 1.81 bits per heavy atom. The average molecular weight is 309 g/mol. The molecule has 2 aromatic carbocycles. The van der Waals surface area contributed by atoms with E-state index < -0.39 is 21.7 Å². The molecule has 21 heavy (non-hydrogen) atoms. The summed E-state index contributed by atoms with van der Waals surface area (Å²) in [5.74, 6) is -1.56. The van der Waals surface area contributed by atoms with E-state index in [9.17, 15) is 17.6 Å². The van der Waals surface area contributed by atoms with Gasteiger partial charge in [0.05, 0.1) is 16.1 Å². The molecular formula is C13H12FN3O3S. The SMILES string of the molecule is NC(=O)c1ccccc1NS(=O)(=O)c1cc(N)cc(F)c1. The van der Waals surface area contributed by atoms with Crippen LogP contribution in [0.25, 0.3) is 0 Å². The second-order valence-corrected chi connectivity index (χ2v) is 5.92. The van der Waals surface area contributed by atoms with Crippen molar-refractivity contribution in [3.05, 3.63) is 53.8 Å². The van der Waals surface area contributed by atoms with Crippen molar-refractivity contribution in [3.63, 3.8) is 0 Å². The Balaban J connectivity index is 2.45. The number of nitrogens with one attached hydrogen (secondary N) is 1. The highest BCUT2D eigenvalue weighted by molar-refractivity contribution is 7.92. The van der Waals surface area contributed by atoms with E-state index in [2.05, 4.69) is 4.72 Å². The predicted octanol–water partition coefficient (Wildman–Crippen LogP) is 1.31. The van der Waals surface area contributed by atoms with Crippen LogP contribution in [0.4, 0.5) is 15.8 Å². The van der Waals surface area contributed by atoms with E-state index in [1.165, 1.54) is 24.3 Å². The predicted molar refractivity (Wildman–Crippen MR) is 76.6 cm³/mol. The molecule has 1 amide bonds. The van der Waals surface area contributed by atoms with Crippen molar-refractivity contribution in [2.75, 3.05) is 10.5 Å². The highest BCUT2D eigenvalue weighted by Crippen LogP contribution is 2.22. The van der Waals surface area contributed by atoms with Gasteiger partial charge in [-0.2, -0.15) is 0 Å². The number of hydrogen-bond donors (Lipinski definition) is 3. The van der Waals surface area contributed by atoms with Crippen LogP contribution in [0.5, 0.6) is 0 Å². The molecular weight excluding hydrogens is 297 g/mol. The van der Waals surface area contributed by atoms with Crippen LogP contribution in [0.3, 0.4) is 0 Å². The molecule has 0 radical (unpaired) electrons. The number of primary amides is 1. The van der Waals surface area contributed by atoms with Gasteiger partial charge in [0.1, 0.15) is 5.82 Å². The van der Waals surface area contributed by atoms with Gasteiger partial charge in [0.15, 0.2) is 0 Å². The van der Waals surface area contributed by atoms with Gasteiger partial charge in [0.2, 0.25) is 0 Å². The number of carbonyl (C=O) groups excluding carboxylic acids is 1. The molecule has 6 nitrogen and oxygen atoms in total. The summed E-state index contributed by atoms with van der Waals surface area (Å²) in [4.78, 5) is 10.9. The van der Waals surface area contributed by atoms with E-state index in [0.29, 0.717) is 0 Å². The van der Waals surface area contributed by atoms with Crippen molar-refractivity contribution in [3.8, 4) is 0 Å². The van der Waals surface area contributed by atoms with Crippen molar-refractivity contribution >= 4 is 27.3 Å². The first-order valence-electron chi connectivity index (χ1n) is 5.77. The van der Waals surface area contributed by atoms with E-state index in [-0.39, 0.29) is 21.8 Å². The van der Waals surface area contributed by atoms with Gasteiger partial charge in [0, 0.05) is 5.69 Å². The molecule has 0 heterocycles. The van der Waals surface area contributed by atoms with Crippen molar-refractivity contribution in [1.82, 2.24) is 0 Å². The number of para-hydroxylation sites is 1.